The molecule has 0 aromatic rings. The van der Waals surface area contributed by atoms with Gasteiger partial charge < -0.3 is 5.32 Å². The molecule has 10 heavy (non-hydrogen) atoms. The summed E-state index contributed by atoms with van der Waals surface area (Å²) in [6.07, 6.45) is 3.20. The first-order valence-corrected chi connectivity index (χ1v) is 3.06. The van der Waals surface area contributed by atoms with Gasteiger partial charge in [-0.3, -0.25) is 9.79 Å². The van der Waals surface area contributed by atoms with Gasteiger partial charge in [0.15, 0.2) is 0 Å². The van der Waals surface area contributed by atoms with E-state index < -0.39 is 0 Å². The normalized spacial score (nSPS) is 13.0. The van der Waals surface area contributed by atoms with Crippen molar-refractivity contribution >= 4 is 12.6 Å². The van der Waals surface area contributed by atoms with Gasteiger partial charge in [0.2, 0.25) is 5.91 Å². The van der Waals surface area contributed by atoms with Crippen molar-refractivity contribution in [3.63, 3.8) is 0 Å². The molecule has 0 spiro atoms. The summed E-state index contributed by atoms with van der Waals surface area (Å²) in [5.74, 6) is -0.143. The third-order valence-electron chi connectivity index (χ3n) is 1.14. The van der Waals surface area contributed by atoms with Crippen molar-refractivity contribution in [3.05, 3.63) is 12.3 Å². The standard InChI is InChI=1S/C7H12N2O/c1-6(4-5-8-2)7(10)9-3/h4-6H,2H2,1,3H3,(H,9,10)/b5-4-. The summed E-state index contributed by atoms with van der Waals surface area (Å²) in [4.78, 5) is 14.3. The van der Waals surface area contributed by atoms with E-state index in [1.165, 1.54) is 6.20 Å². The molecule has 0 aromatic carbocycles. The molecule has 0 aliphatic rings. The molecule has 3 heteroatoms. The van der Waals surface area contributed by atoms with Crippen molar-refractivity contribution in [3.8, 4) is 0 Å². The van der Waals surface area contributed by atoms with E-state index >= 15 is 0 Å². The van der Waals surface area contributed by atoms with Crippen LogP contribution in [0.15, 0.2) is 17.3 Å². The number of hydrogen-bond acceptors (Lipinski definition) is 2. The Morgan fingerprint density at radius 1 is 1.80 bits per heavy atom. The molecule has 0 aromatic heterocycles. The third-order valence-corrected chi connectivity index (χ3v) is 1.14. The van der Waals surface area contributed by atoms with Crippen LogP contribution < -0.4 is 5.32 Å². The van der Waals surface area contributed by atoms with Gasteiger partial charge in [-0.2, -0.15) is 0 Å². The minimum Gasteiger partial charge on any atom is -0.359 e. The molecule has 0 bridgehead atoms. The van der Waals surface area contributed by atoms with E-state index in [0.29, 0.717) is 0 Å². The average Bonchev–Trinajstić information content (AvgIpc) is 1.98. The Morgan fingerprint density at radius 2 is 2.40 bits per heavy atom. The maximum atomic E-state index is 10.8. The number of aliphatic imine (C=N–C) groups is 1. The fourth-order valence-corrected chi connectivity index (χ4v) is 0.505. The molecule has 0 saturated heterocycles. The number of hydrogen-bond donors (Lipinski definition) is 1. The van der Waals surface area contributed by atoms with Crippen molar-refractivity contribution < 1.29 is 4.79 Å². The van der Waals surface area contributed by atoms with Gasteiger partial charge in [-0.15, -0.1) is 0 Å². The highest BCUT2D eigenvalue weighted by Gasteiger charge is 2.04. The Hall–Kier alpha value is -1.12. The van der Waals surface area contributed by atoms with Crippen LogP contribution >= 0.6 is 0 Å². The average molecular weight is 140 g/mol. The molecule has 3 nitrogen and oxygen atoms in total. The lowest BCUT2D eigenvalue weighted by Gasteiger charge is -2.01. The van der Waals surface area contributed by atoms with Crippen LogP contribution in [0.2, 0.25) is 0 Å². The van der Waals surface area contributed by atoms with Crippen LogP contribution in [-0.2, 0) is 4.79 Å². The summed E-state index contributed by atoms with van der Waals surface area (Å²) in [5.41, 5.74) is 0. The second-order valence-electron chi connectivity index (χ2n) is 1.93. The zero-order valence-corrected chi connectivity index (χ0v) is 6.29. The van der Waals surface area contributed by atoms with E-state index in [0.717, 1.165) is 0 Å². The maximum Gasteiger partial charge on any atom is 0.226 e. The Bertz CT molecular complexity index is 152. The number of nitrogens with zero attached hydrogens (tertiary/aromatic N) is 1. The van der Waals surface area contributed by atoms with Crippen molar-refractivity contribution in [2.45, 2.75) is 6.92 Å². The SMILES string of the molecule is C=N/C=C\C(C)C(=O)NC. The van der Waals surface area contributed by atoms with Gasteiger partial charge >= 0.3 is 0 Å². The number of rotatable bonds is 3. The Balaban J connectivity index is 3.83. The highest BCUT2D eigenvalue weighted by molar-refractivity contribution is 5.79. The molecular formula is C7H12N2O. The van der Waals surface area contributed by atoms with Gasteiger partial charge in [-0.05, 0) is 6.72 Å². The van der Waals surface area contributed by atoms with Gasteiger partial charge in [-0.1, -0.05) is 13.0 Å². The van der Waals surface area contributed by atoms with Gasteiger partial charge in [0.05, 0.1) is 5.92 Å². The fourth-order valence-electron chi connectivity index (χ4n) is 0.505. The van der Waals surface area contributed by atoms with Crippen LogP contribution in [0.1, 0.15) is 6.92 Å². The molecule has 1 amide bonds. The van der Waals surface area contributed by atoms with Crippen LogP contribution in [0.4, 0.5) is 0 Å². The summed E-state index contributed by atoms with van der Waals surface area (Å²) in [6, 6.07) is 0. The summed E-state index contributed by atoms with van der Waals surface area (Å²) < 4.78 is 0. The molecule has 0 fully saturated rings. The second-order valence-corrected chi connectivity index (χ2v) is 1.93. The van der Waals surface area contributed by atoms with Crippen molar-refractivity contribution in [2.24, 2.45) is 10.9 Å². The minimum atomic E-state index is -0.129. The molecule has 56 valence electrons. The second kappa shape index (κ2) is 4.73. The molecule has 0 radical (unpaired) electrons. The predicted molar refractivity (Wildman–Crippen MR) is 41.9 cm³/mol. The van der Waals surface area contributed by atoms with E-state index in [9.17, 15) is 4.79 Å². The molecule has 0 aliphatic carbocycles. The number of nitrogens with one attached hydrogen (secondary N) is 1. The minimum absolute atomic E-state index is 0.0140. The van der Waals surface area contributed by atoms with E-state index in [1.807, 2.05) is 0 Å². The lowest BCUT2D eigenvalue weighted by atomic mass is 10.2. The van der Waals surface area contributed by atoms with Gasteiger partial charge in [-0.25, -0.2) is 0 Å². The quantitative estimate of drug-likeness (QED) is 0.572. The first kappa shape index (κ1) is 8.88. The first-order valence-electron chi connectivity index (χ1n) is 3.06. The van der Waals surface area contributed by atoms with Gasteiger partial charge in [0, 0.05) is 13.2 Å². The van der Waals surface area contributed by atoms with Crippen molar-refractivity contribution in [1.29, 1.82) is 0 Å². The summed E-state index contributed by atoms with van der Waals surface area (Å²) in [7, 11) is 1.61. The van der Waals surface area contributed by atoms with Crippen LogP contribution in [0.5, 0.6) is 0 Å². The first-order chi connectivity index (χ1) is 4.72. The molecular weight excluding hydrogens is 128 g/mol. The number of amides is 1. The monoisotopic (exact) mass is 140 g/mol. The number of carbonyl (C=O) groups excluding carboxylic acids is 1. The summed E-state index contributed by atoms with van der Waals surface area (Å²) in [5, 5.41) is 2.52. The van der Waals surface area contributed by atoms with Gasteiger partial charge in [0.25, 0.3) is 0 Å². The van der Waals surface area contributed by atoms with E-state index in [2.05, 4.69) is 17.0 Å². The van der Waals surface area contributed by atoms with E-state index in [-0.39, 0.29) is 11.8 Å². The van der Waals surface area contributed by atoms with Crippen LogP contribution in [0.25, 0.3) is 0 Å². The highest BCUT2D eigenvalue weighted by Crippen LogP contribution is 1.95. The highest BCUT2D eigenvalue weighted by atomic mass is 16.1. The van der Waals surface area contributed by atoms with Gasteiger partial charge in [0.1, 0.15) is 0 Å². The zero-order chi connectivity index (χ0) is 7.98. The lowest BCUT2D eigenvalue weighted by molar-refractivity contribution is -0.122. The van der Waals surface area contributed by atoms with Crippen molar-refractivity contribution in [1.82, 2.24) is 5.32 Å². The molecule has 1 N–H and O–H groups in total. The zero-order valence-electron chi connectivity index (χ0n) is 6.29. The third kappa shape index (κ3) is 3.02. The van der Waals surface area contributed by atoms with Crippen LogP contribution in [0, 0.1) is 5.92 Å². The van der Waals surface area contributed by atoms with Crippen LogP contribution in [0.3, 0.4) is 0 Å². The molecule has 1 unspecified atom stereocenters. The topological polar surface area (TPSA) is 41.5 Å². The summed E-state index contributed by atoms with van der Waals surface area (Å²) >= 11 is 0. The largest absolute Gasteiger partial charge is 0.359 e. The maximum absolute atomic E-state index is 10.8. The Morgan fingerprint density at radius 3 is 2.80 bits per heavy atom. The lowest BCUT2D eigenvalue weighted by Crippen LogP contribution is -2.23. The predicted octanol–water partition coefficient (Wildman–Crippen LogP) is 0.583. The molecule has 0 heterocycles. The Labute approximate surface area is 60.8 Å². The van der Waals surface area contributed by atoms with E-state index in [4.69, 9.17) is 0 Å². The summed E-state index contributed by atoms with van der Waals surface area (Å²) in [6.45, 7) is 5.04. The molecule has 0 rings (SSSR count). The molecule has 0 saturated carbocycles. The van der Waals surface area contributed by atoms with E-state index in [1.54, 1.807) is 20.0 Å². The molecule has 0 aliphatic heterocycles. The smallest absolute Gasteiger partial charge is 0.226 e. The molecule has 1 atom stereocenters. The fraction of sp³-hybridized carbons (Fsp3) is 0.429. The Kier molecular flexibility index (Phi) is 4.20. The number of carbonyl (C=O) groups is 1. The van der Waals surface area contributed by atoms with Crippen LogP contribution in [-0.4, -0.2) is 19.7 Å². The van der Waals surface area contributed by atoms with Crippen molar-refractivity contribution in [2.75, 3.05) is 7.05 Å².